The average Bonchev–Trinajstić information content (AvgIpc) is 2.37. The number of hydrogen-bond acceptors (Lipinski definition) is 3. The molecular formula is C13H16ClF3N2O. The molecule has 3 nitrogen and oxygen atoms in total. The Balaban J connectivity index is 2.31. The fourth-order valence-corrected chi connectivity index (χ4v) is 2.58. The number of pyridine rings is 1. The summed E-state index contributed by atoms with van der Waals surface area (Å²) in [6.45, 7) is 3.08. The van der Waals surface area contributed by atoms with Gasteiger partial charge in [-0.25, -0.2) is 4.98 Å². The van der Waals surface area contributed by atoms with Crippen LogP contribution in [0.25, 0.3) is 0 Å². The summed E-state index contributed by atoms with van der Waals surface area (Å²) in [5.74, 6) is 0.243. The third kappa shape index (κ3) is 3.35. The monoisotopic (exact) mass is 308 g/mol. The molecule has 1 aromatic heterocycles. The standard InChI is InChI=1S/C13H16ClF3N2O/c1-12(20-2)4-3-5-19(8-12)11-7-9(13(15,16)17)6-10(14)18-11/h6-7H,3-5,8H2,1-2H3. The number of ether oxygens (including phenoxy) is 1. The van der Waals surface area contributed by atoms with Gasteiger partial charge < -0.3 is 9.64 Å². The third-order valence-electron chi connectivity index (χ3n) is 3.58. The topological polar surface area (TPSA) is 25.4 Å². The predicted molar refractivity (Wildman–Crippen MR) is 71.1 cm³/mol. The summed E-state index contributed by atoms with van der Waals surface area (Å²) >= 11 is 5.71. The van der Waals surface area contributed by atoms with Crippen molar-refractivity contribution in [2.75, 3.05) is 25.1 Å². The van der Waals surface area contributed by atoms with Gasteiger partial charge in [-0.3, -0.25) is 0 Å². The molecule has 0 radical (unpaired) electrons. The maximum atomic E-state index is 12.8. The maximum absolute atomic E-state index is 12.8. The molecule has 0 N–H and O–H groups in total. The van der Waals surface area contributed by atoms with E-state index in [2.05, 4.69) is 4.98 Å². The molecule has 1 saturated heterocycles. The van der Waals surface area contributed by atoms with Crippen LogP contribution in [0, 0.1) is 0 Å². The Morgan fingerprint density at radius 1 is 1.40 bits per heavy atom. The van der Waals surface area contributed by atoms with Crippen molar-refractivity contribution in [2.24, 2.45) is 0 Å². The first-order valence-electron chi connectivity index (χ1n) is 6.28. The highest BCUT2D eigenvalue weighted by molar-refractivity contribution is 6.29. The van der Waals surface area contributed by atoms with Gasteiger partial charge in [-0.05, 0) is 31.9 Å². The Morgan fingerprint density at radius 2 is 2.10 bits per heavy atom. The molecule has 1 aromatic rings. The highest BCUT2D eigenvalue weighted by Crippen LogP contribution is 2.34. The molecule has 20 heavy (non-hydrogen) atoms. The van der Waals surface area contributed by atoms with Gasteiger partial charge in [0.15, 0.2) is 0 Å². The van der Waals surface area contributed by atoms with Crippen LogP contribution in [0.1, 0.15) is 25.3 Å². The summed E-state index contributed by atoms with van der Waals surface area (Å²) in [5, 5.41) is -0.153. The lowest BCUT2D eigenvalue weighted by atomic mass is 9.95. The molecule has 0 spiro atoms. The Kier molecular flexibility index (Phi) is 4.16. The second-order valence-electron chi connectivity index (χ2n) is 5.21. The molecular weight excluding hydrogens is 293 g/mol. The van der Waals surface area contributed by atoms with Gasteiger partial charge >= 0.3 is 6.18 Å². The molecule has 0 aromatic carbocycles. The van der Waals surface area contributed by atoms with Gasteiger partial charge in [0.25, 0.3) is 0 Å². The summed E-state index contributed by atoms with van der Waals surface area (Å²) in [7, 11) is 1.61. The number of anilines is 1. The Labute approximate surface area is 120 Å². The van der Waals surface area contributed by atoms with Crippen LogP contribution in [0.5, 0.6) is 0 Å². The summed E-state index contributed by atoms with van der Waals surface area (Å²) in [6, 6.07) is 1.87. The van der Waals surface area contributed by atoms with Gasteiger partial charge in [-0.1, -0.05) is 11.6 Å². The number of nitrogens with zero attached hydrogens (tertiary/aromatic N) is 2. The van der Waals surface area contributed by atoms with Gasteiger partial charge in [0.05, 0.1) is 11.2 Å². The summed E-state index contributed by atoms with van der Waals surface area (Å²) in [4.78, 5) is 5.79. The Morgan fingerprint density at radius 3 is 2.70 bits per heavy atom. The molecule has 1 unspecified atom stereocenters. The number of aromatic nitrogens is 1. The molecule has 2 rings (SSSR count). The van der Waals surface area contributed by atoms with E-state index < -0.39 is 11.7 Å². The molecule has 112 valence electrons. The van der Waals surface area contributed by atoms with E-state index >= 15 is 0 Å². The van der Waals surface area contributed by atoms with Crippen LogP contribution >= 0.6 is 11.6 Å². The zero-order valence-electron chi connectivity index (χ0n) is 11.3. The molecule has 7 heteroatoms. The molecule has 1 aliphatic rings. The first-order valence-corrected chi connectivity index (χ1v) is 6.66. The smallest absolute Gasteiger partial charge is 0.377 e. The van der Waals surface area contributed by atoms with E-state index in [0.717, 1.165) is 25.0 Å². The van der Waals surface area contributed by atoms with E-state index in [9.17, 15) is 13.2 Å². The van der Waals surface area contributed by atoms with Crippen LogP contribution in [0.4, 0.5) is 19.0 Å². The molecule has 2 heterocycles. The predicted octanol–water partition coefficient (Wildman–Crippen LogP) is 3.76. The van der Waals surface area contributed by atoms with E-state index in [1.807, 2.05) is 6.92 Å². The van der Waals surface area contributed by atoms with Crippen molar-refractivity contribution in [3.63, 3.8) is 0 Å². The van der Waals surface area contributed by atoms with Crippen molar-refractivity contribution < 1.29 is 17.9 Å². The first kappa shape index (κ1) is 15.4. The van der Waals surface area contributed by atoms with Crippen molar-refractivity contribution >= 4 is 17.4 Å². The zero-order valence-corrected chi connectivity index (χ0v) is 12.1. The van der Waals surface area contributed by atoms with Gasteiger partial charge in [0.1, 0.15) is 11.0 Å². The van der Waals surface area contributed by atoms with Crippen LogP contribution in [0.15, 0.2) is 12.1 Å². The fourth-order valence-electron chi connectivity index (χ4n) is 2.38. The number of piperidine rings is 1. The fraction of sp³-hybridized carbons (Fsp3) is 0.615. The second kappa shape index (κ2) is 5.41. The van der Waals surface area contributed by atoms with E-state index in [-0.39, 0.29) is 16.6 Å². The number of rotatable bonds is 2. The van der Waals surface area contributed by atoms with E-state index in [0.29, 0.717) is 13.1 Å². The molecule has 0 saturated carbocycles. The van der Waals surface area contributed by atoms with Crippen LogP contribution in [-0.4, -0.2) is 30.8 Å². The lowest BCUT2D eigenvalue weighted by Gasteiger charge is -2.40. The SMILES string of the molecule is COC1(C)CCCN(c2cc(C(F)(F)F)cc(Cl)n2)C1. The number of halogens is 4. The van der Waals surface area contributed by atoms with Crippen molar-refractivity contribution in [2.45, 2.75) is 31.5 Å². The summed E-state index contributed by atoms with van der Waals surface area (Å²) in [6.07, 6.45) is -2.73. The highest BCUT2D eigenvalue weighted by atomic mass is 35.5. The van der Waals surface area contributed by atoms with Crippen molar-refractivity contribution in [3.8, 4) is 0 Å². The molecule has 0 bridgehead atoms. The van der Waals surface area contributed by atoms with Crippen LogP contribution in [-0.2, 0) is 10.9 Å². The molecule has 0 aliphatic carbocycles. The van der Waals surface area contributed by atoms with Crippen LogP contribution in [0.3, 0.4) is 0 Å². The van der Waals surface area contributed by atoms with E-state index in [4.69, 9.17) is 16.3 Å². The van der Waals surface area contributed by atoms with Gasteiger partial charge in [-0.2, -0.15) is 13.2 Å². The van der Waals surface area contributed by atoms with E-state index in [1.54, 1.807) is 12.0 Å². The number of alkyl halides is 3. The van der Waals surface area contributed by atoms with Crippen molar-refractivity contribution in [1.82, 2.24) is 4.98 Å². The average molecular weight is 309 g/mol. The minimum Gasteiger partial charge on any atom is -0.377 e. The highest BCUT2D eigenvalue weighted by Gasteiger charge is 2.34. The van der Waals surface area contributed by atoms with Crippen LogP contribution in [0.2, 0.25) is 5.15 Å². The first-order chi connectivity index (χ1) is 9.23. The van der Waals surface area contributed by atoms with Crippen molar-refractivity contribution in [1.29, 1.82) is 0 Å². The Hall–Kier alpha value is -1.01. The number of methoxy groups -OCH3 is 1. The van der Waals surface area contributed by atoms with Gasteiger partial charge in [0, 0.05) is 20.2 Å². The Bertz CT molecular complexity index is 495. The van der Waals surface area contributed by atoms with Crippen molar-refractivity contribution in [3.05, 3.63) is 22.8 Å². The number of hydrogen-bond donors (Lipinski definition) is 0. The lowest BCUT2D eigenvalue weighted by molar-refractivity contribution is -0.137. The van der Waals surface area contributed by atoms with Gasteiger partial charge in [-0.15, -0.1) is 0 Å². The van der Waals surface area contributed by atoms with Crippen LogP contribution < -0.4 is 4.90 Å². The molecule has 0 amide bonds. The second-order valence-corrected chi connectivity index (χ2v) is 5.60. The quantitative estimate of drug-likeness (QED) is 0.778. The minimum absolute atomic E-state index is 0.153. The lowest BCUT2D eigenvalue weighted by Crippen LogP contribution is -2.47. The third-order valence-corrected chi connectivity index (χ3v) is 3.78. The minimum atomic E-state index is -4.43. The largest absolute Gasteiger partial charge is 0.416 e. The normalized spacial score (nSPS) is 24.0. The maximum Gasteiger partial charge on any atom is 0.416 e. The van der Waals surface area contributed by atoms with E-state index in [1.165, 1.54) is 0 Å². The van der Waals surface area contributed by atoms with Gasteiger partial charge in [0.2, 0.25) is 0 Å². The molecule has 1 aliphatic heterocycles. The zero-order chi connectivity index (χ0) is 15.0. The molecule has 1 fully saturated rings. The molecule has 1 atom stereocenters. The summed E-state index contributed by atoms with van der Waals surface area (Å²) < 4.78 is 43.8. The summed E-state index contributed by atoms with van der Waals surface area (Å²) in [5.41, 5.74) is -1.15.